The van der Waals surface area contributed by atoms with Gasteiger partial charge in [0.1, 0.15) is 29.1 Å². The number of aliphatic hydroxyl groups is 2. The molecule has 4 aliphatic carbocycles. The highest BCUT2D eigenvalue weighted by molar-refractivity contribution is 7.19. The smallest absolute Gasteiger partial charge is 0.270 e. The predicted octanol–water partition coefficient (Wildman–Crippen LogP) is 22.1. The van der Waals surface area contributed by atoms with Gasteiger partial charge >= 0.3 is 0 Å². The van der Waals surface area contributed by atoms with Crippen LogP contribution in [0, 0.1) is 6.92 Å². The topological polar surface area (TPSA) is 189 Å². The van der Waals surface area contributed by atoms with Crippen LogP contribution in [0.5, 0.6) is 0 Å². The molecule has 8 aromatic carbocycles. The molecule has 20 rings (SSSR count). The number of fused-ring (bicyclic) bond motifs is 8. The summed E-state index contributed by atoms with van der Waals surface area (Å²) in [6.45, 7) is 16.6. The van der Waals surface area contributed by atoms with E-state index < -0.39 is 17.4 Å². The lowest BCUT2D eigenvalue weighted by Gasteiger charge is -2.26. The minimum Gasteiger partial charge on any atom is -0.386 e. The zero-order valence-electron chi connectivity index (χ0n) is 65.8. The molecule has 8 heterocycles. The highest BCUT2D eigenvalue weighted by Gasteiger charge is 2.30. The highest BCUT2D eigenvalue weighted by atomic mass is 32.1. The van der Waals surface area contributed by atoms with Gasteiger partial charge in [-0.3, -0.25) is 20.0 Å². The number of H-pyrrole nitrogens is 3. The molecule has 0 amide bonds. The van der Waals surface area contributed by atoms with Crippen molar-refractivity contribution < 1.29 is 14.6 Å². The number of aromatic nitrogens is 8. The van der Waals surface area contributed by atoms with Crippen molar-refractivity contribution in [3.05, 3.63) is 292 Å². The average Bonchev–Trinajstić information content (AvgIpc) is 1.61. The monoisotopic (exact) mass is 1550 g/mol. The van der Waals surface area contributed by atoms with Gasteiger partial charge in [0.15, 0.2) is 0 Å². The summed E-state index contributed by atoms with van der Waals surface area (Å²) < 4.78 is 18.2. The van der Waals surface area contributed by atoms with Gasteiger partial charge in [0.05, 0.1) is 66.0 Å². The van der Waals surface area contributed by atoms with Crippen LogP contribution in [0.3, 0.4) is 0 Å². The van der Waals surface area contributed by atoms with Crippen molar-refractivity contribution in [1.29, 1.82) is 0 Å². The fraction of sp³-hybridized carbons (Fsp3) is 0.299. The number of aliphatic imine (C=N–C) groups is 1. The maximum Gasteiger partial charge on any atom is 0.270 e. The van der Waals surface area contributed by atoms with Crippen molar-refractivity contribution in [1.82, 2.24) is 44.8 Å². The molecule has 1 unspecified atom stereocenters. The third kappa shape index (κ3) is 16.1. The highest BCUT2D eigenvalue weighted by Crippen LogP contribution is 2.43. The first-order valence-electron chi connectivity index (χ1n) is 40.7. The Hall–Kier alpha value is -10.8. The first-order chi connectivity index (χ1) is 55.4. The summed E-state index contributed by atoms with van der Waals surface area (Å²) in [7, 11) is 0. The van der Waals surface area contributed by atoms with E-state index in [-0.39, 0.29) is 5.56 Å². The van der Waals surface area contributed by atoms with E-state index in [0.717, 1.165) is 128 Å². The third-order valence-electron chi connectivity index (χ3n) is 23.8. The second-order valence-electron chi connectivity index (χ2n) is 32.2. The van der Waals surface area contributed by atoms with Crippen LogP contribution in [0.1, 0.15) is 194 Å². The molecule has 6 aliphatic rings. The van der Waals surface area contributed by atoms with Crippen LogP contribution in [-0.2, 0) is 50.0 Å². The molecule has 6 N–H and O–H groups in total. The molecule has 14 aromatic rings. The Morgan fingerprint density at radius 3 is 1.96 bits per heavy atom. The lowest BCUT2D eigenvalue weighted by molar-refractivity contribution is 0.0283. The van der Waals surface area contributed by atoms with Crippen molar-refractivity contribution in [3.8, 4) is 22.5 Å². The van der Waals surface area contributed by atoms with Crippen LogP contribution >= 0.6 is 22.7 Å². The van der Waals surface area contributed by atoms with Crippen molar-refractivity contribution in [3.63, 3.8) is 0 Å². The van der Waals surface area contributed by atoms with E-state index >= 15 is 0 Å². The van der Waals surface area contributed by atoms with Gasteiger partial charge in [0, 0.05) is 60.0 Å². The number of thiophene rings is 2. The van der Waals surface area contributed by atoms with E-state index in [2.05, 4.69) is 192 Å². The number of imidazole rings is 1. The fourth-order valence-corrected chi connectivity index (χ4v) is 19.1. The first-order valence-corrected chi connectivity index (χ1v) is 42.4. The number of benzene rings is 8. The third-order valence-corrected chi connectivity index (χ3v) is 26.0. The molecule has 1 saturated carbocycles. The number of allylic oxidation sites excluding steroid dienone is 3. The predicted molar refractivity (Wildman–Crippen MR) is 469 cm³/mol. The number of halogens is 1. The molecular weight excluding hydrogens is 1450 g/mol. The quantitative estimate of drug-likeness (QED) is 0.0486. The number of piperidine rings is 1. The number of nitrogens with one attached hydrogen (secondary N) is 4. The first kappa shape index (κ1) is 75.9. The molecule has 0 radical (unpaired) electrons. The lowest BCUT2D eigenvalue weighted by atomic mass is 9.87. The Balaban J connectivity index is 0.000000114. The van der Waals surface area contributed by atoms with Gasteiger partial charge in [0.25, 0.3) is 5.56 Å². The summed E-state index contributed by atoms with van der Waals surface area (Å²) in [6, 6.07) is 63.8. The van der Waals surface area contributed by atoms with Crippen molar-refractivity contribution in [2.24, 2.45) is 4.99 Å². The van der Waals surface area contributed by atoms with Gasteiger partial charge in [-0.1, -0.05) is 184 Å². The van der Waals surface area contributed by atoms with E-state index in [1.54, 1.807) is 18.3 Å². The summed E-state index contributed by atoms with van der Waals surface area (Å²) in [5.41, 5.74) is 30.6. The fourth-order valence-electron chi connectivity index (χ4n) is 17.2. The number of likely N-dealkylation sites (tertiary alicyclic amines) is 1. The largest absolute Gasteiger partial charge is 0.386 e. The number of hydrogen-bond donors (Lipinski definition) is 6. The minimum absolute atomic E-state index is 0.150. The van der Waals surface area contributed by atoms with E-state index in [1.807, 2.05) is 88.4 Å². The number of aromatic amines is 3. The SMILES string of the molecule is CC(C)(O)c1ccc2c(c1)CC(c1n[nH]c3ccsc13)=C2.CCC(O)(CC)c1ccc2c(c1)CC(c1n[nH]c3cc(C(C)F)sc13)=C2.Cc1ccc2c(c1)CC(C1=NCc3ccc(NC4CCCC4)cc31)=C2.O=c1[nH]c2cc3nc(-c4ccc(-c5ccccc5)cc4)n(CCCN4CCCCC4)c3cc2nc1Cc1ccccc1. The van der Waals surface area contributed by atoms with E-state index in [1.165, 1.54) is 158 Å². The molecule has 17 heteroatoms. The number of alkyl halides is 1. The zero-order chi connectivity index (χ0) is 78.2. The normalized spacial score (nSPS) is 15.5. The summed E-state index contributed by atoms with van der Waals surface area (Å²) in [5.74, 6) is 0.949. The van der Waals surface area contributed by atoms with Crippen molar-refractivity contribution >= 4 is 106 Å². The molecule has 2 aliphatic heterocycles. The molecule has 0 spiro atoms. The van der Waals surface area contributed by atoms with Gasteiger partial charge < -0.3 is 30.0 Å². The van der Waals surface area contributed by atoms with Gasteiger partial charge in [-0.2, -0.15) is 10.2 Å². The second kappa shape index (κ2) is 32.6. The van der Waals surface area contributed by atoms with E-state index in [9.17, 15) is 19.4 Å². The minimum atomic E-state index is -0.966. The molecule has 114 heavy (non-hydrogen) atoms. The van der Waals surface area contributed by atoms with Crippen LogP contribution in [0.4, 0.5) is 10.1 Å². The maximum absolute atomic E-state index is 13.6. The van der Waals surface area contributed by atoms with Gasteiger partial charge in [0.2, 0.25) is 0 Å². The van der Waals surface area contributed by atoms with Crippen LogP contribution in [-0.4, -0.2) is 86.4 Å². The second-order valence-corrected chi connectivity index (χ2v) is 34.2. The number of aryl methyl sites for hydroxylation is 2. The Morgan fingerprint density at radius 2 is 1.25 bits per heavy atom. The molecule has 578 valence electrons. The Labute approximate surface area is 673 Å². The Morgan fingerprint density at radius 1 is 0.614 bits per heavy atom. The summed E-state index contributed by atoms with van der Waals surface area (Å²) in [4.78, 5) is 34.2. The van der Waals surface area contributed by atoms with Gasteiger partial charge in [-0.25, -0.2) is 14.4 Å². The molecule has 6 aromatic heterocycles. The summed E-state index contributed by atoms with van der Waals surface area (Å²) in [6.07, 6.45) is 20.6. The van der Waals surface area contributed by atoms with Gasteiger partial charge in [-0.15, -0.1) is 22.7 Å². The summed E-state index contributed by atoms with van der Waals surface area (Å²) >= 11 is 3.19. The lowest BCUT2D eigenvalue weighted by Crippen LogP contribution is -2.31. The number of nitrogens with zero attached hydrogens (tertiary/aromatic N) is 7. The molecule has 0 bridgehead atoms. The number of rotatable bonds is 18. The number of anilines is 1. The maximum atomic E-state index is 13.6. The number of hydrogen-bond acceptors (Lipinski definition) is 12. The van der Waals surface area contributed by atoms with Crippen molar-refractivity contribution in [2.75, 3.05) is 25.0 Å². The molecule has 1 saturated heterocycles. The van der Waals surface area contributed by atoms with Crippen LogP contribution in [0.2, 0.25) is 0 Å². The van der Waals surface area contributed by atoms with E-state index in [4.69, 9.17) is 15.0 Å². The Kier molecular flexibility index (Phi) is 21.7. The average molecular weight is 1550 g/mol. The molecular formula is C97H98FN11O3S2. The molecule has 2 fully saturated rings. The molecule has 1 atom stereocenters. The van der Waals surface area contributed by atoms with Crippen LogP contribution in [0.15, 0.2) is 203 Å². The summed E-state index contributed by atoms with van der Waals surface area (Å²) in [5, 5.41) is 41.8. The van der Waals surface area contributed by atoms with E-state index in [0.29, 0.717) is 36.5 Å². The van der Waals surface area contributed by atoms with Crippen LogP contribution in [0.25, 0.3) is 94.4 Å². The standard InChI is InChI=1S/C36H35N5O.C23H24N2.C21H23FN2OS.C17H16N2OS/c42-36-33(23-26-11-4-1-5-12-26)37-31-25-34-32(24-30(31)39-36)38-35(41(34)22-10-21-40-19-8-3-9-20-40)29-17-15-28(16-18-29)27-13-6-2-7-14-27;1-15-6-7-16-11-19(12-18(16)10-15)23-22-13-21(9-8-17(22)14-24-23)25-20-4-2-3-5-20;1-4-21(25,5-2)16-7-6-13-8-15(9-14(13)10-16)19-20-17(23-24-19)11-18(26-20)12(3)22;1-17(2,20)13-4-3-10-7-12(8-11(10)9-13)15-16-14(18-19-15)5-6-21-16/h1-2,4-7,11-18,24-25H,3,8-10,19-23H2,(H,39,42);6-11,13,20,25H,2-5,12,14H2,1H3;6-8,10-12,25H,4-5,9H2,1-3H3,(H,23,24);3-7,9,20H,8H2,1-2H3,(H,18,19). The zero-order valence-corrected chi connectivity index (χ0v) is 67.5. The van der Waals surface area contributed by atoms with Crippen molar-refractivity contribution in [2.45, 2.75) is 168 Å². The Bertz CT molecular complexity index is 6070. The van der Waals surface area contributed by atoms with Crippen LogP contribution < -0.4 is 10.9 Å². The molecule has 14 nitrogen and oxygen atoms in total. The van der Waals surface area contributed by atoms with Gasteiger partial charge in [-0.05, 0) is 236 Å².